The smallest absolute Gasteiger partial charge is 0.323 e. The SMILES string of the molecule is NC(=O)n1cc(NC(=O)N2C[C@H](F)C[C@H]2CCS(=O)(=O)c2cccc(Cl)c2)c2ccccc21. The number of carbonyl (C=O) groups excluding carboxylic acids is 2. The lowest BCUT2D eigenvalue weighted by Gasteiger charge is -2.24. The molecule has 8 nitrogen and oxygen atoms in total. The summed E-state index contributed by atoms with van der Waals surface area (Å²) in [5.74, 6) is -0.254. The number of nitrogens with two attached hydrogens (primary N) is 1. The molecule has 3 aromatic rings. The van der Waals surface area contributed by atoms with Gasteiger partial charge in [0.25, 0.3) is 0 Å². The number of amides is 3. The second-order valence-electron chi connectivity index (χ2n) is 7.90. The van der Waals surface area contributed by atoms with E-state index in [1.54, 1.807) is 36.4 Å². The molecule has 4 rings (SSSR count). The predicted octanol–water partition coefficient (Wildman–Crippen LogP) is 4.03. The predicted molar refractivity (Wildman–Crippen MR) is 124 cm³/mol. The first-order valence-electron chi connectivity index (χ1n) is 10.3. The van der Waals surface area contributed by atoms with E-state index in [2.05, 4.69) is 5.32 Å². The molecule has 3 amide bonds. The van der Waals surface area contributed by atoms with Crippen molar-refractivity contribution >= 4 is 50.1 Å². The molecule has 174 valence electrons. The van der Waals surface area contributed by atoms with Gasteiger partial charge in [0.1, 0.15) is 6.17 Å². The molecule has 33 heavy (non-hydrogen) atoms. The number of fused-ring (bicyclic) bond motifs is 1. The number of primary amides is 1. The standard InChI is InChI=1S/C22H22ClFN4O4S/c23-14-4-3-5-17(10-14)33(31,32)9-8-16-11-15(24)12-27(16)22(30)26-19-13-28(21(25)29)20-7-2-1-6-18(19)20/h1-7,10,13,15-16H,8-9,11-12H2,(H2,25,29)(H,26,30)/t15-,16-/m1/s1. The first kappa shape index (κ1) is 23.1. The number of nitrogens with zero attached hydrogens (tertiary/aromatic N) is 2. The molecule has 1 aliphatic rings. The summed E-state index contributed by atoms with van der Waals surface area (Å²) in [7, 11) is -3.65. The lowest BCUT2D eigenvalue weighted by molar-refractivity contribution is 0.203. The molecular weight excluding hydrogens is 471 g/mol. The topological polar surface area (TPSA) is 114 Å². The van der Waals surface area contributed by atoms with Crippen molar-refractivity contribution in [2.75, 3.05) is 17.6 Å². The molecule has 1 aliphatic heterocycles. The summed E-state index contributed by atoms with van der Waals surface area (Å²) in [5, 5.41) is 3.61. The van der Waals surface area contributed by atoms with Gasteiger partial charge in [-0.25, -0.2) is 22.4 Å². The van der Waals surface area contributed by atoms with Crippen LogP contribution in [0.4, 0.5) is 19.7 Å². The zero-order valence-electron chi connectivity index (χ0n) is 17.4. The molecule has 3 N–H and O–H groups in total. The Morgan fingerprint density at radius 2 is 1.94 bits per heavy atom. The van der Waals surface area contributed by atoms with E-state index < -0.39 is 34.1 Å². The Balaban J connectivity index is 1.51. The molecule has 1 fully saturated rings. The van der Waals surface area contributed by atoms with E-state index in [1.165, 1.54) is 27.8 Å². The molecule has 0 saturated carbocycles. The lowest BCUT2D eigenvalue weighted by atomic mass is 10.1. The summed E-state index contributed by atoms with van der Waals surface area (Å²) in [6.45, 7) is -0.151. The minimum Gasteiger partial charge on any atom is -0.351 e. The van der Waals surface area contributed by atoms with Crippen molar-refractivity contribution < 1.29 is 22.4 Å². The van der Waals surface area contributed by atoms with Crippen molar-refractivity contribution in [2.24, 2.45) is 5.73 Å². The van der Waals surface area contributed by atoms with Crippen LogP contribution in [0.3, 0.4) is 0 Å². The molecule has 2 aromatic carbocycles. The molecule has 0 aliphatic carbocycles. The van der Waals surface area contributed by atoms with Crippen molar-refractivity contribution in [3.8, 4) is 0 Å². The molecule has 0 spiro atoms. The van der Waals surface area contributed by atoms with Gasteiger partial charge in [0.05, 0.1) is 28.4 Å². The van der Waals surface area contributed by atoms with Crippen molar-refractivity contribution in [3.05, 3.63) is 59.8 Å². The lowest BCUT2D eigenvalue weighted by Crippen LogP contribution is -2.39. The third-order valence-corrected chi connectivity index (χ3v) is 7.67. The molecule has 0 radical (unpaired) electrons. The largest absolute Gasteiger partial charge is 0.351 e. The summed E-state index contributed by atoms with van der Waals surface area (Å²) in [5.41, 5.74) is 6.28. The first-order valence-corrected chi connectivity index (χ1v) is 12.3. The number of nitrogens with one attached hydrogen (secondary N) is 1. The number of hydrogen-bond acceptors (Lipinski definition) is 4. The van der Waals surface area contributed by atoms with Crippen LogP contribution in [0.2, 0.25) is 5.02 Å². The van der Waals surface area contributed by atoms with Gasteiger partial charge in [-0.05, 0) is 30.7 Å². The fourth-order valence-corrected chi connectivity index (χ4v) is 5.77. The van der Waals surface area contributed by atoms with Crippen LogP contribution < -0.4 is 11.1 Å². The van der Waals surface area contributed by atoms with E-state index in [4.69, 9.17) is 17.3 Å². The Hall–Kier alpha value is -3.11. The molecule has 0 unspecified atom stereocenters. The number of hydrogen-bond donors (Lipinski definition) is 2. The third kappa shape index (κ3) is 4.81. The number of likely N-dealkylation sites (tertiary alicyclic amines) is 1. The quantitative estimate of drug-likeness (QED) is 0.559. The Morgan fingerprint density at radius 1 is 1.18 bits per heavy atom. The minimum atomic E-state index is -3.65. The highest BCUT2D eigenvalue weighted by Crippen LogP contribution is 2.29. The second kappa shape index (κ2) is 9.03. The summed E-state index contributed by atoms with van der Waals surface area (Å²) in [6.07, 6.45) is 0.265. The molecule has 11 heteroatoms. The minimum absolute atomic E-state index is 0.0432. The van der Waals surface area contributed by atoms with Crippen LogP contribution in [0.15, 0.2) is 59.6 Å². The Kier molecular flexibility index (Phi) is 6.31. The second-order valence-corrected chi connectivity index (χ2v) is 10.4. The van der Waals surface area contributed by atoms with Crippen LogP contribution >= 0.6 is 11.6 Å². The van der Waals surface area contributed by atoms with Crippen molar-refractivity contribution in [2.45, 2.75) is 30.0 Å². The molecule has 0 bridgehead atoms. The van der Waals surface area contributed by atoms with E-state index in [0.29, 0.717) is 21.6 Å². The Labute approximate surface area is 195 Å². The number of rotatable bonds is 5. The van der Waals surface area contributed by atoms with E-state index in [0.717, 1.165) is 0 Å². The Bertz CT molecular complexity index is 1330. The molecule has 2 atom stereocenters. The summed E-state index contributed by atoms with van der Waals surface area (Å²) in [4.78, 5) is 26.1. The van der Waals surface area contributed by atoms with Crippen LogP contribution in [0.5, 0.6) is 0 Å². The molecular formula is C22H22ClFN4O4S. The average molecular weight is 493 g/mol. The first-order chi connectivity index (χ1) is 15.7. The van der Waals surface area contributed by atoms with Gasteiger partial charge in [0.2, 0.25) is 0 Å². The summed E-state index contributed by atoms with van der Waals surface area (Å²) < 4.78 is 40.8. The van der Waals surface area contributed by atoms with Gasteiger partial charge in [-0.3, -0.25) is 4.57 Å². The molecule has 1 aromatic heterocycles. The van der Waals surface area contributed by atoms with Gasteiger partial charge < -0.3 is 16.0 Å². The van der Waals surface area contributed by atoms with Crippen LogP contribution in [-0.4, -0.2) is 54.5 Å². The number of anilines is 1. The van der Waals surface area contributed by atoms with E-state index in [9.17, 15) is 22.4 Å². The highest BCUT2D eigenvalue weighted by atomic mass is 35.5. The maximum atomic E-state index is 14.2. The van der Waals surface area contributed by atoms with Crippen molar-refractivity contribution in [1.29, 1.82) is 0 Å². The van der Waals surface area contributed by atoms with E-state index in [1.807, 2.05) is 0 Å². The van der Waals surface area contributed by atoms with Crippen LogP contribution in [0.25, 0.3) is 10.9 Å². The number of halogens is 2. The van der Waals surface area contributed by atoms with Crippen molar-refractivity contribution in [1.82, 2.24) is 9.47 Å². The number of para-hydroxylation sites is 1. The van der Waals surface area contributed by atoms with E-state index >= 15 is 0 Å². The number of sulfone groups is 1. The number of alkyl halides is 1. The normalized spacial score (nSPS) is 18.5. The monoisotopic (exact) mass is 492 g/mol. The van der Waals surface area contributed by atoms with Gasteiger partial charge in [-0.2, -0.15) is 0 Å². The summed E-state index contributed by atoms with van der Waals surface area (Å²) >= 11 is 5.90. The Morgan fingerprint density at radius 3 is 2.67 bits per heavy atom. The maximum Gasteiger partial charge on any atom is 0.323 e. The zero-order chi connectivity index (χ0) is 23.8. The molecule has 1 saturated heterocycles. The fourth-order valence-electron chi connectivity index (χ4n) is 4.10. The summed E-state index contributed by atoms with van der Waals surface area (Å²) in [6, 6.07) is 10.9. The number of carbonyl (C=O) groups is 2. The van der Waals surface area contributed by atoms with Crippen molar-refractivity contribution in [3.63, 3.8) is 0 Å². The van der Waals surface area contributed by atoms with Gasteiger partial charge in [-0.15, -0.1) is 0 Å². The van der Waals surface area contributed by atoms with Crippen LogP contribution in [0, 0.1) is 0 Å². The molecule has 2 heterocycles. The highest BCUT2D eigenvalue weighted by molar-refractivity contribution is 7.91. The number of aromatic nitrogens is 1. The van der Waals surface area contributed by atoms with Gasteiger partial charge >= 0.3 is 12.1 Å². The maximum absolute atomic E-state index is 14.2. The zero-order valence-corrected chi connectivity index (χ0v) is 19.0. The van der Waals surface area contributed by atoms with Gasteiger partial charge in [-0.1, -0.05) is 35.9 Å². The van der Waals surface area contributed by atoms with Gasteiger partial charge in [0.15, 0.2) is 9.84 Å². The average Bonchev–Trinajstić information content (AvgIpc) is 3.33. The van der Waals surface area contributed by atoms with E-state index in [-0.39, 0.29) is 30.0 Å². The van der Waals surface area contributed by atoms with Crippen LogP contribution in [0.1, 0.15) is 12.8 Å². The number of benzene rings is 2. The highest BCUT2D eigenvalue weighted by Gasteiger charge is 2.36. The van der Waals surface area contributed by atoms with Gasteiger partial charge in [0, 0.05) is 29.1 Å². The third-order valence-electron chi connectivity index (χ3n) is 5.69. The van der Waals surface area contributed by atoms with Crippen LogP contribution in [-0.2, 0) is 9.84 Å². The fraction of sp³-hybridized carbons (Fsp3) is 0.273. The number of urea groups is 1.